The Kier molecular flexibility index (Phi) is 8.74. The lowest BCUT2D eigenvalue weighted by Gasteiger charge is -2.34. The van der Waals surface area contributed by atoms with Gasteiger partial charge in [0.15, 0.2) is 0 Å². The monoisotopic (exact) mass is 353 g/mol. The summed E-state index contributed by atoms with van der Waals surface area (Å²) in [6, 6.07) is 10.1. The Bertz CT molecular complexity index is 489. The minimum atomic E-state index is -0.244. The van der Waals surface area contributed by atoms with Crippen LogP contribution in [0.25, 0.3) is 0 Å². The molecule has 5 heteroatoms. The van der Waals surface area contributed by atoms with Gasteiger partial charge in [0.05, 0.1) is 5.92 Å². The van der Waals surface area contributed by atoms with Gasteiger partial charge in [0, 0.05) is 25.2 Å². The van der Waals surface area contributed by atoms with E-state index in [4.69, 9.17) is 5.73 Å². The van der Waals surface area contributed by atoms with Crippen molar-refractivity contribution in [1.29, 1.82) is 0 Å². The predicted octanol–water partition coefficient (Wildman–Crippen LogP) is 3.08. The number of benzene rings is 1. The summed E-state index contributed by atoms with van der Waals surface area (Å²) >= 11 is 0. The smallest absolute Gasteiger partial charge is 0.227 e. The molecule has 2 N–H and O–H groups in total. The Morgan fingerprint density at radius 3 is 2.29 bits per heavy atom. The summed E-state index contributed by atoms with van der Waals surface area (Å²) in [6.07, 6.45) is 4.73. The van der Waals surface area contributed by atoms with Crippen LogP contribution >= 0.6 is 12.4 Å². The maximum atomic E-state index is 13.1. The van der Waals surface area contributed by atoms with Gasteiger partial charge in [0.1, 0.15) is 0 Å². The number of halogens is 1. The first-order valence-corrected chi connectivity index (χ1v) is 8.76. The largest absolute Gasteiger partial charge is 0.338 e. The van der Waals surface area contributed by atoms with Gasteiger partial charge in [-0.3, -0.25) is 4.79 Å². The van der Waals surface area contributed by atoms with Gasteiger partial charge in [0.2, 0.25) is 5.91 Å². The zero-order valence-electron chi connectivity index (χ0n) is 15.1. The Morgan fingerprint density at radius 1 is 1.17 bits per heavy atom. The second-order valence-corrected chi connectivity index (χ2v) is 7.00. The molecule has 0 saturated heterocycles. The van der Waals surface area contributed by atoms with Crippen LogP contribution in [0.3, 0.4) is 0 Å². The van der Waals surface area contributed by atoms with Crippen LogP contribution in [0.15, 0.2) is 30.3 Å². The summed E-state index contributed by atoms with van der Waals surface area (Å²) in [4.78, 5) is 17.3. The average Bonchev–Trinajstić information content (AvgIpc) is 3.08. The number of nitrogens with two attached hydrogens (primary N) is 1. The fourth-order valence-electron chi connectivity index (χ4n) is 3.38. The van der Waals surface area contributed by atoms with E-state index < -0.39 is 0 Å². The summed E-state index contributed by atoms with van der Waals surface area (Å²) in [5.74, 6) is 0.00950. The number of nitrogens with zero attached hydrogens (tertiary/aromatic N) is 2. The summed E-state index contributed by atoms with van der Waals surface area (Å²) in [7, 11) is 4.10. The van der Waals surface area contributed by atoms with E-state index in [0.717, 1.165) is 31.5 Å². The molecule has 0 bridgehead atoms. The van der Waals surface area contributed by atoms with Crippen LogP contribution in [0.1, 0.15) is 44.2 Å². The van der Waals surface area contributed by atoms with E-state index >= 15 is 0 Å². The Morgan fingerprint density at radius 2 is 1.75 bits per heavy atom. The maximum absolute atomic E-state index is 13.1. The molecule has 1 amide bonds. The summed E-state index contributed by atoms with van der Waals surface area (Å²) in [5, 5.41) is 0. The predicted molar refractivity (Wildman–Crippen MR) is 102 cm³/mol. The van der Waals surface area contributed by atoms with Crippen molar-refractivity contribution >= 4 is 18.3 Å². The van der Waals surface area contributed by atoms with Crippen molar-refractivity contribution in [1.82, 2.24) is 9.80 Å². The second kappa shape index (κ2) is 10.0. The molecule has 1 aromatic rings. The number of rotatable bonds is 7. The van der Waals surface area contributed by atoms with Crippen LogP contribution < -0.4 is 5.73 Å². The lowest BCUT2D eigenvalue weighted by atomic mass is 9.93. The van der Waals surface area contributed by atoms with Crippen LogP contribution in [0.5, 0.6) is 0 Å². The Balaban J connectivity index is 0.00000288. The highest BCUT2D eigenvalue weighted by Crippen LogP contribution is 2.27. The lowest BCUT2D eigenvalue weighted by Crippen LogP contribution is -2.47. The molecule has 1 fully saturated rings. The molecule has 0 aromatic heterocycles. The van der Waals surface area contributed by atoms with Gasteiger partial charge in [-0.15, -0.1) is 12.4 Å². The Hall–Kier alpha value is -1.10. The van der Waals surface area contributed by atoms with E-state index in [-0.39, 0.29) is 30.3 Å². The second-order valence-electron chi connectivity index (χ2n) is 7.00. The fourth-order valence-corrected chi connectivity index (χ4v) is 3.38. The van der Waals surface area contributed by atoms with E-state index in [9.17, 15) is 4.79 Å². The third-order valence-electron chi connectivity index (χ3n) is 4.95. The van der Waals surface area contributed by atoms with Crippen LogP contribution in [0.2, 0.25) is 0 Å². The first kappa shape index (κ1) is 20.9. The first-order valence-electron chi connectivity index (χ1n) is 8.76. The van der Waals surface area contributed by atoms with Crippen LogP contribution in [0, 0.1) is 5.92 Å². The van der Waals surface area contributed by atoms with E-state index in [2.05, 4.69) is 23.9 Å². The molecule has 2 atom stereocenters. The normalized spacial score (nSPS) is 17.4. The van der Waals surface area contributed by atoms with Gasteiger partial charge in [0.25, 0.3) is 0 Å². The van der Waals surface area contributed by atoms with E-state index in [0.29, 0.717) is 6.04 Å². The van der Waals surface area contributed by atoms with Crippen molar-refractivity contribution in [2.45, 2.75) is 44.7 Å². The standard InChI is InChI=1S/C19H31N3O.ClH/c1-15(18(20)16-9-5-4-6-10-16)19(23)22(14-13-21(2)3)17-11-7-8-12-17;/h4-6,9-10,15,17-18H,7-8,11-14,20H2,1-3H3;1H. The molecule has 1 aliphatic carbocycles. The summed E-state index contributed by atoms with van der Waals surface area (Å²) < 4.78 is 0. The molecule has 0 radical (unpaired) electrons. The molecule has 136 valence electrons. The molecule has 0 heterocycles. The Labute approximate surface area is 152 Å². The third kappa shape index (κ3) is 5.47. The highest BCUT2D eigenvalue weighted by atomic mass is 35.5. The number of likely N-dealkylation sites (N-methyl/N-ethyl adjacent to an activating group) is 1. The van der Waals surface area contributed by atoms with Gasteiger partial charge in [-0.25, -0.2) is 0 Å². The van der Waals surface area contributed by atoms with Crippen LogP contribution in [0.4, 0.5) is 0 Å². The van der Waals surface area contributed by atoms with Crippen molar-refractivity contribution in [3.8, 4) is 0 Å². The van der Waals surface area contributed by atoms with E-state index in [1.165, 1.54) is 12.8 Å². The molecule has 4 nitrogen and oxygen atoms in total. The lowest BCUT2D eigenvalue weighted by molar-refractivity contribution is -0.138. The molecule has 1 aliphatic rings. The quantitative estimate of drug-likeness (QED) is 0.819. The van der Waals surface area contributed by atoms with Crippen molar-refractivity contribution in [3.63, 3.8) is 0 Å². The number of hydrogen-bond donors (Lipinski definition) is 1. The van der Waals surface area contributed by atoms with Crippen LogP contribution in [-0.2, 0) is 4.79 Å². The highest BCUT2D eigenvalue weighted by molar-refractivity contribution is 5.85. The minimum Gasteiger partial charge on any atom is -0.338 e. The molecule has 0 aliphatic heterocycles. The zero-order valence-corrected chi connectivity index (χ0v) is 16.0. The zero-order chi connectivity index (χ0) is 16.8. The molecular weight excluding hydrogens is 322 g/mol. The average molecular weight is 354 g/mol. The summed E-state index contributed by atoms with van der Waals surface area (Å²) in [5.41, 5.74) is 7.41. The molecular formula is C19H32ClN3O. The van der Waals surface area contributed by atoms with Gasteiger partial charge in [-0.05, 0) is 32.5 Å². The van der Waals surface area contributed by atoms with Crippen molar-refractivity contribution in [2.24, 2.45) is 11.7 Å². The molecule has 0 spiro atoms. The fraction of sp³-hybridized carbons (Fsp3) is 0.632. The molecule has 1 saturated carbocycles. The van der Waals surface area contributed by atoms with Crippen molar-refractivity contribution in [3.05, 3.63) is 35.9 Å². The number of carbonyl (C=O) groups excluding carboxylic acids is 1. The van der Waals surface area contributed by atoms with Gasteiger partial charge >= 0.3 is 0 Å². The topological polar surface area (TPSA) is 49.6 Å². The minimum absolute atomic E-state index is 0. The number of carbonyl (C=O) groups is 1. The third-order valence-corrected chi connectivity index (χ3v) is 4.95. The van der Waals surface area contributed by atoms with E-state index in [1.807, 2.05) is 37.3 Å². The SMILES string of the molecule is CC(C(=O)N(CCN(C)C)C1CCCC1)C(N)c1ccccc1.Cl. The number of amides is 1. The van der Waals surface area contributed by atoms with E-state index in [1.54, 1.807) is 0 Å². The molecule has 1 aromatic carbocycles. The van der Waals surface area contributed by atoms with Gasteiger partial charge < -0.3 is 15.5 Å². The van der Waals surface area contributed by atoms with Crippen LogP contribution in [-0.4, -0.2) is 48.9 Å². The van der Waals surface area contributed by atoms with Crippen molar-refractivity contribution in [2.75, 3.05) is 27.2 Å². The molecule has 24 heavy (non-hydrogen) atoms. The van der Waals surface area contributed by atoms with Crippen molar-refractivity contribution < 1.29 is 4.79 Å². The summed E-state index contributed by atoms with van der Waals surface area (Å²) in [6.45, 7) is 3.66. The first-order chi connectivity index (χ1) is 11.0. The van der Waals surface area contributed by atoms with Gasteiger partial charge in [-0.2, -0.15) is 0 Å². The highest BCUT2D eigenvalue weighted by Gasteiger charge is 2.32. The molecule has 2 rings (SSSR count). The molecule has 2 unspecified atom stereocenters. The van der Waals surface area contributed by atoms with Gasteiger partial charge in [-0.1, -0.05) is 50.1 Å². The number of hydrogen-bond acceptors (Lipinski definition) is 3. The maximum Gasteiger partial charge on any atom is 0.227 e.